The van der Waals surface area contributed by atoms with Gasteiger partial charge in [-0.3, -0.25) is 18.5 Å². The number of furan rings is 1. The molecule has 6 rings (SSSR count). The van der Waals surface area contributed by atoms with Gasteiger partial charge < -0.3 is 9.73 Å². The number of carbonyl (C=O) groups is 1. The van der Waals surface area contributed by atoms with E-state index in [9.17, 15) is 26.8 Å². The molecular formula is C35H30F2N4O5S. The fraction of sp³-hybridized carbons (Fsp3) is 0.171. The van der Waals surface area contributed by atoms with E-state index >= 15 is 0 Å². The Bertz CT molecular complexity index is 2370. The number of nitrogens with one attached hydrogen (secondary N) is 1. The van der Waals surface area contributed by atoms with E-state index in [1.54, 1.807) is 43.3 Å². The zero-order valence-electron chi connectivity index (χ0n) is 26.1. The number of nitrogens with zero attached hydrogens (tertiary/aromatic N) is 3. The number of benzene rings is 4. The third-order valence-electron chi connectivity index (χ3n) is 8.33. The number of anilines is 1. The summed E-state index contributed by atoms with van der Waals surface area (Å²) < 4.78 is 61.8. The summed E-state index contributed by atoms with van der Waals surface area (Å²) in [5, 5.41) is 3.28. The maximum absolute atomic E-state index is 14.0. The molecule has 0 spiro atoms. The molecule has 0 saturated carbocycles. The van der Waals surface area contributed by atoms with Gasteiger partial charge in [0.05, 0.1) is 34.5 Å². The number of rotatable bonds is 7. The van der Waals surface area contributed by atoms with E-state index in [4.69, 9.17) is 4.42 Å². The fourth-order valence-corrected chi connectivity index (χ4v) is 6.29. The normalized spacial score (nSPS) is 12.4. The highest BCUT2D eigenvalue weighted by Crippen LogP contribution is 2.41. The minimum Gasteiger partial charge on any atom is -0.455 e. The van der Waals surface area contributed by atoms with Crippen molar-refractivity contribution in [1.82, 2.24) is 14.9 Å². The van der Waals surface area contributed by atoms with Crippen molar-refractivity contribution in [2.75, 3.05) is 24.7 Å². The van der Waals surface area contributed by atoms with Gasteiger partial charge in [0, 0.05) is 36.7 Å². The topological polar surface area (TPSA) is 115 Å². The van der Waals surface area contributed by atoms with Crippen LogP contribution in [0.3, 0.4) is 0 Å². The van der Waals surface area contributed by atoms with E-state index in [1.165, 1.54) is 61.1 Å². The van der Waals surface area contributed by atoms with Gasteiger partial charge in [0.25, 0.3) is 11.5 Å². The molecule has 0 radical (unpaired) electrons. The van der Waals surface area contributed by atoms with Crippen LogP contribution >= 0.6 is 0 Å². The van der Waals surface area contributed by atoms with Gasteiger partial charge in [-0.25, -0.2) is 22.2 Å². The van der Waals surface area contributed by atoms with Crippen LogP contribution in [-0.2, 0) is 10.0 Å². The Balaban J connectivity index is 1.62. The van der Waals surface area contributed by atoms with Crippen LogP contribution in [0.5, 0.6) is 0 Å². The maximum atomic E-state index is 14.0. The minimum atomic E-state index is -3.78. The van der Waals surface area contributed by atoms with Gasteiger partial charge in [0.2, 0.25) is 10.0 Å². The highest BCUT2D eigenvalue weighted by Gasteiger charge is 2.26. The van der Waals surface area contributed by atoms with E-state index < -0.39 is 27.8 Å². The Morgan fingerprint density at radius 2 is 1.55 bits per heavy atom. The Kier molecular flexibility index (Phi) is 7.92. The van der Waals surface area contributed by atoms with E-state index in [0.29, 0.717) is 33.4 Å². The zero-order chi connectivity index (χ0) is 33.8. The molecule has 240 valence electrons. The predicted molar refractivity (Wildman–Crippen MR) is 178 cm³/mol. The second kappa shape index (κ2) is 11.8. The van der Waals surface area contributed by atoms with Gasteiger partial charge in [0.15, 0.2) is 0 Å². The standard InChI is InChI=1S/C35H30F2N4O5S/c1-19(21-6-11-24(36)12-7-21)41-20(2)39-29-15-10-23(16-27(29)35(41)43)26-17-28-31(18-30(26)40(4)47(5,44)45)46-33(32(28)34(42)38-3)22-8-13-25(37)14-9-22/h6-19H,1-5H3,(H,38,42)/t19-/m1/s1. The van der Waals surface area contributed by atoms with Gasteiger partial charge in [-0.1, -0.05) is 18.2 Å². The third-order valence-corrected chi connectivity index (χ3v) is 9.52. The number of amides is 1. The first-order valence-corrected chi connectivity index (χ1v) is 16.4. The molecule has 0 saturated heterocycles. The highest BCUT2D eigenvalue weighted by molar-refractivity contribution is 7.92. The number of halogens is 2. The fourth-order valence-electron chi connectivity index (χ4n) is 5.78. The van der Waals surface area contributed by atoms with Crippen LogP contribution in [0.15, 0.2) is 88.1 Å². The number of sulfonamides is 1. The quantitative estimate of drug-likeness (QED) is 0.212. The Hall–Kier alpha value is -5.36. The number of hydrogen-bond acceptors (Lipinski definition) is 6. The SMILES string of the molecule is CNC(=O)c1c(-c2ccc(F)cc2)oc2cc(N(C)S(C)(=O)=O)c(-c3ccc4nc(C)n([C@H](C)c5ccc(F)cc5)c(=O)c4c3)cc12. The molecule has 1 amide bonds. The smallest absolute Gasteiger partial charge is 0.261 e. The lowest BCUT2D eigenvalue weighted by Gasteiger charge is -2.21. The summed E-state index contributed by atoms with van der Waals surface area (Å²) >= 11 is 0. The average Bonchev–Trinajstić information content (AvgIpc) is 3.42. The lowest BCUT2D eigenvalue weighted by Crippen LogP contribution is -2.27. The molecule has 0 aliphatic heterocycles. The predicted octanol–water partition coefficient (Wildman–Crippen LogP) is 6.43. The Morgan fingerprint density at radius 3 is 2.17 bits per heavy atom. The number of aryl methyl sites for hydroxylation is 1. The molecule has 6 aromatic rings. The molecule has 2 heterocycles. The monoisotopic (exact) mass is 656 g/mol. The number of hydrogen-bond donors (Lipinski definition) is 1. The van der Waals surface area contributed by atoms with E-state index in [0.717, 1.165) is 16.1 Å². The minimum absolute atomic E-state index is 0.178. The molecule has 47 heavy (non-hydrogen) atoms. The van der Waals surface area contributed by atoms with Crippen molar-refractivity contribution in [3.8, 4) is 22.5 Å². The molecule has 0 bridgehead atoms. The number of fused-ring (bicyclic) bond motifs is 2. The maximum Gasteiger partial charge on any atom is 0.261 e. The molecule has 1 atom stereocenters. The Labute approximate surface area is 269 Å². The van der Waals surface area contributed by atoms with Crippen LogP contribution in [0.25, 0.3) is 44.3 Å². The summed E-state index contributed by atoms with van der Waals surface area (Å²) in [6.45, 7) is 3.55. The lowest BCUT2D eigenvalue weighted by atomic mass is 9.97. The van der Waals surface area contributed by atoms with Gasteiger partial charge in [-0.05, 0) is 79.6 Å². The van der Waals surface area contributed by atoms with Crippen molar-refractivity contribution < 1.29 is 26.4 Å². The first kappa shape index (κ1) is 31.6. The van der Waals surface area contributed by atoms with Crippen LogP contribution in [0.4, 0.5) is 14.5 Å². The van der Waals surface area contributed by atoms with Crippen molar-refractivity contribution in [2.24, 2.45) is 0 Å². The molecule has 9 nitrogen and oxygen atoms in total. The van der Waals surface area contributed by atoms with Crippen LogP contribution in [0.2, 0.25) is 0 Å². The molecule has 2 aromatic heterocycles. The van der Waals surface area contributed by atoms with E-state index in [-0.39, 0.29) is 39.4 Å². The largest absolute Gasteiger partial charge is 0.455 e. The lowest BCUT2D eigenvalue weighted by molar-refractivity contribution is 0.0964. The Morgan fingerprint density at radius 1 is 0.936 bits per heavy atom. The summed E-state index contributed by atoms with van der Waals surface area (Å²) in [7, 11) is -0.912. The number of carbonyl (C=O) groups excluding carboxylic acids is 1. The van der Waals surface area contributed by atoms with E-state index in [1.807, 2.05) is 6.92 Å². The van der Waals surface area contributed by atoms with Gasteiger partial charge >= 0.3 is 0 Å². The van der Waals surface area contributed by atoms with Crippen LogP contribution < -0.4 is 15.2 Å². The van der Waals surface area contributed by atoms with Crippen LogP contribution in [-0.4, -0.2) is 44.2 Å². The second-order valence-corrected chi connectivity index (χ2v) is 13.3. The zero-order valence-corrected chi connectivity index (χ0v) is 26.9. The van der Waals surface area contributed by atoms with Crippen LogP contribution in [0.1, 0.15) is 34.7 Å². The van der Waals surface area contributed by atoms with E-state index in [2.05, 4.69) is 10.3 Å². The van der Waals surface area contributed by atoms with Crippen molar-refractivity contribution in [2.45, 2.75) is 19.9 Å². The molecule has 4 aromatic carbocycles. The molecule has 0 aliphatic rings. The molecule has 1 N–H and O–H groups in total. The number of aromatic nitrogens is 2. The molecular weight excluding hydrogens is 626 g/mol. The summed E-state index contributed by atoms with van der Waals surface area (Å²) in [6.07, 6.45) is 1.06. The molecule has 12 heteroatoms. The highest BCUT2D eigenvalue weighted by atomic mass is 32.2. The summed E-state index contributed by atoms with van der Waals surface area (Å²) in [6, 6.07) is 19.1. The van der Waals surface area contributed by atoms with Crippen molar-refractivity contribution in [3.63, 3.8) is 0 Å². The van der Waals surface area contributed by atoms with Gasteiger partial charge in [-0.15, -0.1) is 0 Å². The van der Waals surface area contributed by atoms with Crippen molar-refractivity contribution >= 4 is 43.5 Å². The summed E-state index contributed by atoms with van der Waals surface area (Å²) in [5.41, 5.74) is 2.80. The first-order chi connectivity index (χ1) is 22.3. The van der Waals surface area contributed by atoms with Crippen LogP contribution in [0, 0.1) is 18.6 Å². The average molecular weight is 657 g/mol. The second-order valence-electron chi connectivity index (χ2n) is 11.3. The third kappa shape index (κ3) is 5.65. The van der Waals surface area contributed by atoms with Crippen molar-refractivity contribution in [3.05, 3.63) is 118 Å². The molecule has 0 aliphatic carbocycles. The van der Waals surface area contributed by atoms with Crippen molar-refractivity contribution in [1.29, 1.82) is 0 Å². The van der Waals surface area contributed by atoms with Gasteiger partial charge in [-0.2, -0.15) is 0 Å². The summed E-state index contributed by atoms with van der Waals surface area (Å²) in [5.74, 6) is -0.666. The summed E-state index contributed by atoms with van der Waals surface area (Å²) in [4.78, 5) is 31.9. The first-order valence-electron chi connectivity index (χ1n) is 14.6. The van der Waals surface area contributed by atoms with Gasteiger partial charge in [0.1, 0.15) is 28.8 Å². The molecule has 0 unspecified atom stereocenters. The molecule has 0 fully saturated rings.